The topological polar surface area (TPSA) is 43.8 Å². The van der Waals surface area contributed by atoms with Crippen LogP contribution < -0.4 is 0 Å². The Kier molecular flexibility index (Phi) is 6.52. The molecule has 0 radical (unpaired) electrons. The first kappa shape index (κ1) is 14.5. The molecule has 4 nitrogen and oxygen atoms in total. The minimum absolute atomic E-state index is 0.128. The van der Waals surface area contributed by atoms with Gasteiger partial charge < -0.3 is 10.0 Å². The summed E-state index contributed by atoms with van der Waals surface area (Å²) < 4.78 is 0. The van der Waals surface area contributed by atoms with Crippen molar-refractivity contribution < 1.29 is 9.90 Å². The van der Waals surface area contributed by atoms with E-state index in [2.05, 4.69) is 13.8 Å². The van der Waals surface area contributed by atoms with Crippen molar-refractivity contribution >= 4 is 5.91 Å². The molecule has 1 fully saturated rings. The monoisotopic (exact) mass is 242 g/mol. The van der Waals surface area contributed by atoms with Crippen LogP contribution in [0.15, 0.2) is 0 Å². The van der Waals surface area contributed by atoms with E-state index in [0.717, 1.165) is 32.4 Å². The van der Waals surface area contributed by atoms with Crippen LogP contribution in [0.25, 0.3) is 0 Å². The molecule has 0 bridgehead atoms. The summed E-state index contributed by atoms with van der Waals surface area (Å²) in [6.07, 6.45) is 4.51. The van der Waals surface area contributed by atoms with Crippen LogP contribution in [0.1, 0.15) is 39.5 Å². The molecule has 1 atom stereocenters. The van der Waals surface area contributed by atoms with E-state index in [-0.39, 0.29) is 12.5 Å². The van der Waals surface area contributed by atoms with E-state index < -0.39 is 0 Å². The molecule has 1 heterocycles. The Morgan fingerprint density at radius 1 is 1.41 bits per heavy atom. The quantitative estimate of drug-likeness (QED) is 0.758. The lowest BCUT2D eigenvalue weighted by atomic mass is 10.0. The summed E-state index contributed by atoms with van der Waals surface area (Å²) in [4.78, 5) is 16.2. The average molecular weight is 242 g/mol. The van der Waals surface area contributed by atoms with Gasteiger partial charge in [-0.05, 0) is 39.2 Å². The number of nitrogens with zero attached hydrogens (tertiary/aromatic N) is 2. The van der Waals surface area contributed by atoms with E-state index in [1.54, 1.807) is 0 Å². The normalized spacial score (nSPS) is 20.9. The third kappa shape index (κ3) is 4.64. The maximum absolute atomic E-state index is 12.2. The smallest absolute Gasteiger partial charge is 0.236 e. The van der Waals surface area contributed by atoms with E-state index in [0.29, 0.717) is 19.1 Å². The van der Waals surface area contributed by atoms with Gasteiger partial charge in [0.2, 0.25) is 5.91 Å². The van der Waals surface area contributed by atoms with Crippen LogP contribution in [0.3, 0.4) is 0 Å². The fraction of sp³-hybridized carbons (Fsp3) is 0.923. The number of carbonyl (C=O) groups excluding carboxylic acids is 1. The van der Waals surface area contributed by atoms with Gasteiger partial charge in [-0.2, -0.15) is 0 Å². The average Bonchev–Trinajstić information content (AvgIpc) is 2.30. The number of aliphatic hydroxyl groups is 1. The predicted octanol–water partition coefficient (Wildman–Crippen LogP) is 1.09. The van der Waals surface area contributed by atoms with Crippen LogP contribution in [-0.4, -0.2) is 59.6 Å². The van der Waals surface area contributed by atoms with Crippen LogP contribution >= 0.6 is 0 Å². The molecule has 1 saturated heterocycles. The summed E-state index contributed by atoms with van der Waals surface area (Å²) in [5, 5.41) is 8.97. The molecule has 0 unspecified atom stereocenters. The van der Waals surface area contributed by atoms with E-state index in [4.69, 9.17) is 5.11 Å². The van der Waals surface area contributed by atoms with Crippen LogP contribution in [0, 0.1) is 0 Å². The highest BCUT2D eigenvalue weighted by Gasteiger charge is 2.24. The van der Waals surface area contributed by atoms with Gasteiger partial charge in [0.1, 0.15) is 0 Å². The van der Waals surface area contributed by atoms with Crippen molar-refractivity contribution in [1.29, 1.82) is 0 Å². The van der Waals surface area contributed by atoms with Gasteiger partial charge in [0.15, 0.2) is 0 Å². The van der Waals surface area contributed by atoms with Gasteiger partial charge in [-0.15, -0.1) is 0 Å². The van der Waals surface area contributed by atoms with Gasteiger partial charge in [-0.3, -0.25) is 9.69 Å². The van der Waals surface area contributed by atoms with E-state index in [1.807, 2.05) is 9.80 Å². The molecule has 0 aromatic rings. The van der Waals surface area contributed by atoms with Crippen LogP contribution in [0.2, 0.25) is 0 Å². The number of piperidine rings is 1. The second-order valence-corrected chi connectivity index (χ2v) is 4.93. The SMILES string of the molecule is CCCN(CCO)CC(=O)N1CCCC[C@@H]1C. The Bertz CT molecular complexity index is 227. The van der Waals surface area contributed by atoms with Crippen molar-refractivity contribution in [3.05, 3.63) is 0 Å². The lowest BCUT2D eigenvalue weighted by Gasteiger charge is -2.35. The predicted molar refractivity (Wildman–Crippen MR) is 68.8 cm³/mol. The number of carbonyl (C=O) groups is 1. The molecule has 100 valence electrons. The lowest BCUT2D eigenvalue weighted by Crippen LogP contribution is -2.47. The van der Waals surface area contributed by atoms with Crippen LogP contribution in [0.5, 0.6) is 0 Å². The highest BCUT2D eigenvalue weighted by atomic mass is 16.3. The van der Waals surface area contributed by atoms with Gasteiger partial charge in [-0.25, -0.2) is 0 Å². The Hall–Kier alpha value is -0.610. The van der Waals surface area contributed by atoms with Crippen molar-refractivity contribution in [2.24, 2.45) is 0 Å². The fourth-order valence-electron chi connectivity index (χ4n) is 2.48. The summed E-state index contributed by atoms with van der Waals surface area (Å²) in [5.41, 5.74) is 0. The molecule has 1 aliphatic heterocycles. The first-order valence-electron chi connectivity index (χ1n) is 6.81. The van der Waals surface area contributed by atoms with Gasteiger partial charge in [0.25, 0.3) is 0 Å². The number of aliphatic hydroxyl groups excluding tert-OH is 1. The molecule has 1 rings (SSSR count). The maximum Gasteiger partial charge on any atom is 0.236 e. The maximum atomic E-state index is 12.2. The molecule has 1 aliphatic rings. The van der Waals surface area contributed by atoms with Crippen LogP contribution in [-0.2, 0) is 4.79 Å². The summed E-state index contributed by atoms with van der Waals surface area (Å²) >= 11 is 0. The van der Waals surface area contributed by atoms with E-state index in [1.165, 1.54) is 6.42 Å². The third-order valence-electron chi connectivity index (χ3n) is 3.44. The largest absolute Gasteiger partial charge is 0.395 e. The molecule has 0 spiro atoms. The summed E-state index contributed by atoms with van der Waals surface area (Å²) in [6, 6.07) is 0.383. The number of rotatable bonds is 6. The van der Waals surface area contributed by atoms with Crippen molar-refractivity contribution in [3.63, 3.8) is 0 Å². The van der Waals surface area contributed by atoms with Gasteiger partial charge >= 0.3 is 0 Å². The van der Waals surface area contributed by atoms with Crippen molar-refractivity contribution in [2.45, 2.75) is 45.6 Å². The molecule has 17 heavy (non-hydrogen) atoms. The molecule has 4 heteroatoms. The Morgan fingerprint density at radius 3 is 2.76 bits per heavy atom. The molecule has 1 N–H and O–H groups in total. The Morgan fingerprint density at radius 2 is 2.18 bits per heavy atom. The molecular formula is C13H26N2O2. The second-order valence-electron chi connectivity index (χ2n) is 4.93. The van der Waals surface area contributed by atoms with Gasteiger partial charge in [-0.1, -0.05) is 6.92 Å². The van der Waals surface area contributed by atoms with Gasteiger partial charge in [0, 0.05) is 19.1 Å². The first-order chi connectivity index (χ1) is 8.19. The number of hydrogen-bond donors (Lipinski definition) is 1. The molecule has 0 saturated carbocycles. The summed E-state index contributed by atoms with van der Waals surface area (Å²) in [7, 11) is 0. The minimum Gasteiger partial charge on any atom is -0.395 e. The molecular weight excluding hydrogens is 216 g/mol. The third-order valence-corrected chi connectivity index (χ3v) is 3.44. The van der Waals surface area contributed by atoms with Crippen molar-refractivity contribution in [1.82, 2.24) is 9.80 Å². The second kappa shape index (κ2) is 7.67. The van der Waals surface area contributed by atoms with E-state index >= 15 is 0 Å². The minimum atomic E-state index is 0.128. The van der Waals surface area contributed by atoms with Crippen molar-refractivity contribution in [2.75, 3.05) is 32.8 Å². The number of likely N-dealkylation sites (tertiary alicyclic amines) is 1. The Labute approximate surface area is 105 Å². The van der Waals surface area contributed by atoms with E-state index in [9.17, 15) is 4.79 Å². The standard InChI is InChI=1S/C13H26N2O2/c1-3-7-14(9-10-16)11-13(17)15-8-5-4-6-12(15)2/h12,16H,3-11H2,1-2H3/t12-/m0/s1. The molecule has 0 aromatic carbocycles. The fourth-order valence-corrected chi connectivity index (χ4v) is 2.48. The Balaban J connectivity index is 2.44. The highest BCUT2D eigenvalue weighted by molar-refractivity contribution is 5.78. The summed E-state index contributed by atoms with van der Waals surface area (Å²) in [6.45, 7) is 7.20. The molecule has 0 aromatic heterocycles. The van der Waals surface area contributed by atoms with Crippen LogP contribution in [0.4, 0.5) is 0 Å². The zero-order valence-electron chi connectivity index (χ0n) is 11.2. The number of hydrogen-bond acceptors (Lipinski definition) is 3. The lowest BCUT2D eigenvalue weighted by molar-refractivity contribution is -0.135. The summed E-state index contributed by atoms with van der Waals surface area (Å²) in [5.74, 6) is 0.221. The van der Waals surface area contributed by atoms with Crippen molar-refractivity contribution in [3.8, 4) is 0 Å². The molecule has 1 amide bonds. The highest BCUT2D eigenvalue weighted by Crippen LogP contribution is 2.16. The number of amides is 1. The first-order valence-corrected chi connectivity index (χ1v) is 6.81. The molecule has 0 aliphatic carbocycles. The van der Waals surface area contributed by atoms with Gasteiger partial charge in [0.05, 0.1) is 13.2 Å². The zero-order valence-corrected chi connectivity index (χ0v) is 11.2. The zero-order chi connectivity index (χ0) is 12.7.